The lowest BCUT2D eigenvalue weighted by Crippen LogP contribution is -2.15. The lowest BCUT2D eigenvalue weighted by molar-refractivity contribution is -0.385. The standard InChI is InChI=1S/C10H9FN2O5S/c11-6-1-7(3-8(2-6)13(17)18)12-9(14)4-19-5-10(15)16/h1-3H,4-5H2,(H,12,14)(H,15,16). The number of thioether (sulfide) groups is 1. The normalized spacial score (nSPS) is 9.95. The first-order valence-electron chi connectivity index (χ1n) is 4.93. The van der Waals surface area contributed by atoms with Gasteiger partial charge in [0.15, 0.2) is 0 Å². The number of nitro benzene ring substituents is 1. The summed E-state index contributed by atoms with van der Waals surface area (Å²) in [5.74, 6) is -2.85. The van der Waals surface area contributed by atoms with Gasteiger partial charge in [-0.05, 0) is 6.07 Å². The number of rotatable bonds is 6. The minimum Gasteiger partial charge on any atom is -0.481 e. The number of carboxylic acids is 1. The number of amides is 1. The molecule has 1 amide bonds. The number of non-ortho nitro benzene ring substituents is 1. The van der Waals surface area contributed by atoms with Crippen LogP contribution in [-0.2, 0) is 9.59 Å². The summed E-state index contributed by atoms with van der Waals surface area (Å²) in [5.41, 5.74) is -0.527. The molecule has 1 aromatic carbocycles. The Morgan fingerprint density at radius 3 is 2.63 bits per heavy atom. The second kappa shape index (κ2) is 6.69. The summed E-state index contributed by atoms with van der Waals surface area (Å²) in [6.07, 6.45) is 0. The number of nitro groups is 1. The molecule has 0 atom stereocenters. The van der Waals surface area contributed by atoms with E-state index in [4.69, 9.17) is 5.11 Å². The maximum Gasteiger partial charge on any atom is 0.313 e. The molecular formula is C10H9FN2O5S. The predicted molar refractivity (Wildman–Crippen MR) is 66.6 cm³/mol. The minimum absolute atomic E-state index is 0.0485. The number of carboxylic acid groups (broad SMARTS) is 1. The van der Waals surface area contributed by atoms with E-state index in [2.05, 4.69) is 5.32 Å². The van der Waals surface area contributed by atoms with E-state index in [1.54, 1.807) is 0 Å². The van der Waals surface area contributed by atoms with Crippen molar-refractivity contribution in [2.24, 2.45) is 0 Å². The second-order valence-corrected chi connectivity index (χ2v) is 4.38. The summed E-state index contributed by atoms with van der Waals surface area (Å²) >= 11 is 0.864. The SMILES string of the molecule is O=C(O)CSCC(=O)Nc1cc(F)cc([N+](=O)[O-])c1. The van der Waals surface area contributed by atoms with Crippen molar-refractivity contribution in [3.8, 4) is 0 Å². The summed E-state index contributed by atoms with van der Waals surface area (Å²) in [6.45, 7) is 0. The van der Waals surface area contributed by atoms with Gasteiger partial charge < -0.3 is 10.4 Å². The van der Waals surface area contributed by atoms with Crippen LogP contribution < -0.4 is 5.32 Å². The highest BCUT2D eigenvalue weighted by Gasteiger charge is 2.12. The Labute approximate surface area is 110 Å². The van der Waals surface area contributed by atoms with E-state index >= 15 is 0 Å². The van der Waals surface area contributed by atoms with Crippen molar-refractivity contribution in [2.75, 3.05) is 16.8 Å². The van der Waals surface area contributed by atoms with Crippen LogP contribution >= 0.6 is 11.8 Å². The zero-order valence-corrected chi connectivity index (χ0v) is 10.3. The Balaban J connectivity index is 2.63. The summed E-state index contributed by atoms with van der Waals surface area (Å²) in [4.78, 5) is 31.3. The molecule has 0 radical (unpaired) electrons. The molecule has 1 aromatic rings. The lowest BCUT2D eigenvalue weighted by Gasteiger charge is -2.04. The molecule has 2 N–H and O–H groups in total. The van der Waals surface area contributed by atoms with Crippen molar-refractivity contribution in [1.82, 2.24) is 0 Å². The smallest absolute Gasteiger partial charge is 0.313 e. The molecule has 0 saturated heterocycles. The Morgan fingerprint density at radius 1 is 1.37 bits per heavy atom. The summed E-state index contributed by atoms with van der Waals surface area (Å²) in [6, 6.07) is 2.68. The largest absolute Gasteiger partial charge is 0.481 e. The molecule has 1 rings (SSSR count). The van der Waals surface area contributed by atoms with Crippen molar-refractivity contribution >= 4 is 35.0 Å². The number of carbonyl (C=O) groups is 2. The van der Waals surface area contributed by atoms with Gasteiger partial charge in [-0.1, -0.05) is 0 Å². The van der Waals surface area contributed by atoms with Crippen molar-refractivity contribution in [2.45, 2.75) is 0 Å². The maximum absolute atomic E-state index is 13.1. The third-order valence-corrected chi connectivity index (χ3v) is 2.75. The first-order chi connectivity index (χ1) is 8.88. The monoisotopic (exact) mass is 288 g/mol. The first kappa shape index (κ1) is 14.9. The lowest BCUT2D eigenvalue weighted by atomic mass is 10.2. The van der Waals surface area contributed by atoms with Gasteiger partial charge in [-0.2, -0.15) is 0 Å². The van der Waals surface area contributed by atoms with E-state index in [9.17, 15) is 24.1 Å². The van der Waals surface area contributed by atoms with Crippen LogP contribution in [0.4, 0.5) is 15.8 Å². The molecule has 0 fully saturated rings. The van der Waals surface area contributed by atoms with E-state index in [-0.39, 0.29) is 17.2 Å². The predicted octanol–water partition coefficient (Wildman–Crippen LogP) is 1.49. The van der Waals surface area contributed by atoms with E-state index in [1.807, 2.05) is 0 Å². The van der Waals surface area contributed by atoms with E-state index in [1.165, 1.54) is 0 Å². The molecule has 9 heteroatoms. The van der Waals surface area contributed by atoms with Crippen LogP contribution in [0.25, 0.3) is 0 Å². The van der Waals surface area contributed by atoms with Gasteiger partial charge in [0.25, 0.3) is 5.69 Å². The number of nitrogens with zero attached hydrogens (tertiary/aromatic N) is 1. The quantitative estimate of drug-likeness (QED) is 0.606. The van der Waals surface area contributed by atoms with Crippen LogP contribution in [0.1, 0.15) is 0 Å². The second-order valence-electron chi connectivity index (χ2n) is 3.39. The molecular weight excluding hydrogens is 279 g/mol. The molecule has 0 saturated carbocycles. The molecule has 0 spiro atoms. The molecule has 0 aromatic heterocycles. The fourth-order valence-electron chi connectivity index (χ4n) is 1.18. The first-order valence-corrected chi connectivity index (χ1v) is 6.08. The number of halogens is 1. The van der Waals surface area contributed by atoms with Crippen LogP contribution in [0.5, 0.6) is 0 Å². The maximum atomic E-state index is 13.1. The average molecular weight is 288 g/mol. The number of hydrogen-bond acceptors (Lipinski definition) is 5. The van der Waals surface area contributed by atoms with E-state index in [0.717, 1.165) is 30.0 Å². The number of benzene rings is 1. The van der Waals surface area contributed by atoms with Crippen LogP contribution in [0, 0.1) is 15.9 Å². The molecule has 19 heavy (non-hydrogen) atoms. The van der Waals surface area contributed by atoms with Gasteiger partial charge in [0.05, 0.1) is 28.2 Å². The summed E-state index contributed by atoms with van der Waals surface area (Å²) < 4.78 is 13.1. The Bertz CT molecular complexity index is 523. The van der Waals surface area contributed by atoms with Crippen LogP contribution in [-0.4, -0.2) is 33.4 Å². The Hall–Kier alpha value is -2.16. The third kappa shape index (κ3) is 5.34. The van der Waals surface area contributed by atoms with E-state index < -0.39 is 28.3 Å². The molecule has 0 bridgehead atoms. The highest BCUT2D eigenvalue weighted by molar-refractivity contribution is 8.00. The fraction of sp³-hybridized carbons (Fsp3) is 0.200. The summed E-state index contributed by atoms with van der Waals surface area (Å²) in [7, 11) is 0. The molecule has 0 heterocycles. The van der Waals surface area contributed by atoms with Gasteiger partial charge in [-0.3, -0.25) is 19.7 Å². The van der Waals surface area contributed by atoms with Gasteiger partial charge in [-0.25, -0.2) is 4.39 Å². The third-order valence-electron chi connectivity index (χ3n) is 1.84. The molecule has 7 nitrogen and oxygen atoms in total. The van der Waals surface area contributed by atoms with Gasteiger partial charge in [0.1, 0.15) is 5.82 Å². The highest BCUT2D eigenvalue weighted by Crippen LogP contribution is 2.20. The molecule has 102 valence electrons. The van der Waals surface area contributed by atoms with Crippen LogP contribution in [0.15, 0.2) is 18.2 Å². The van der Waals surface area contributed by atoms with Crippen molar-refractivity contribution in [1.29, 1.82) is 0 Å². The minimum atomic E-state index is -1.06. The zero-order chi connectivity index (χ0) is 14.4. The van der Waals surface area contributed by atoms with Crippen LogP contribution in [0.2, 0.25) is 0 Å². The summed E-state index contributed by atoms with van der Waals surface area (Å²) in [5, 5.41) is 21.1. The van der Waals surface area contributed by atoms with Gasteiger partial charge in [0, 0.05) is 6.07 Å². The van der Waals surface area contributed by atoms with E-state index in [0.29, 0.717) is 0 Å². The van der Waals surface area contributed by atoms with Crippen LogP contribution in [0.3, 0.4) is 0 Å². The zero-order valence-electron chi connectivity index (χ0n) is 9.46. The number of aliphatic carboxylic acids is 1. The van der Waals surface area contributed by atoms with Gasteiger partial charge in [-0.15, -0.1) is 11.8 Å². The number of carbonyl (C=O) groups excluding carboxylic acids is 1. The Kier molecular flexibility index (Phi) is 5.24. The number of nitrogens with one attached hydrogen (secondary N) is 1. The van der Waals surface area contributed by atoms with Crippen molar-refractivity contribution in [3.05, 3.63) is 34.1 Å². The molecule has 0 aliphatic heterocycles. The number of hydrogen-bond donors (Lipinski definition) is 2. The van der Waals surface area contributed by atoms with Crippen molar-refractivity contribution < 1.29 is 24.0 Å². The molecule has 0 unspecified atom stereocenters. The topological polar surface area (TPSA) is 110 Å². The Morgan fingerprint density at radius 2 is 2.05 bits per heavy atom. The average Bonchev–Trinajstić information content (AvgIpc) is 2.27. The van der Waals surface area contributed by atoms with Gasteiger partial charge >= 0.3 is 5.97 Å². The molecule has 0 aliphatic rings. The molecule has 0 aliphatic carbocycles. The van der Waals surface area contributed by atoms with Gasteiger partial charge in [0.2, 0.25) is 5.91 Å². The number of anilines is 1. The fourth-order valence-corrected chi connectivity index (χ4v) is 1.71. The highest BCUT2D eigenvalue weighted by atomic mass is 32.2. The van der Waals surface area contributed by atoms with Crippen molar-refractivity contribution in [3.63, 3.8) is 0 Å².